The second-order valence-corrected chi connectivity index (χ2v) is 5.08. The van der Waals surface area contributed by atoms with Crippen LogP contribution in [0.5, 0.6) is 0 Å². The zero-order valence-electron chi connectivity index (χ0n) is 11.7. The number of ether oxygens (including phenoxy) is 1. The summed E-state index contributed by atoms with van der Waals surface area (Å²) >= 11 is 0. The van der Waals surface area contributed by atoms with E-state index in [0.29, 0.717) is 13.2 Å². The second-order valence-electron chi connectivity index (χ2n) is 5.08. The largest absolute Gasteiger partial charge is 0.479 e. The molecular formula is C13H20N4O4. The lowest BCUT2D eigenvalue weighted by atomic mass is 9.99. The molecule has 2 amide bonds. The number of amides is 2. The minimum absolute atomic E-state index is 0.0103. The number of carboxylic acids is 1. The van der Waals surface area contributed by atoms with Gasteiger partial charge in [0.05, 0.1) is 12.9 Å². The van der Waals surface area contributed by atoms with Crippen LogP contribution in [0.2, 0.25) is 0 Å². The van der Waals surface area contributed by atoms with E-state index in [-0.39, 0.29) is 13.0 Å². The third kappa shape index (κ3) is 4.19. The number of aryl methyl sites for hydroxylation is 1. The maximum absolute atomic E-state index is 11.7. The SMILES string of the molecule is O=C(NCCCCn1ccnc1)NC1(C(=O)O)CCOC1. The molecule has 2 heterocycles. The van der Waals surface area contributed by atoms with Crippen LogP contribution in [-0.2, 0) is 16.1 Å². The zero-order valence-corrected chi connectivity index (χ0v) is 11.7. The number of hydrogen-bond donors (Lipinski definition) is 3. The van der Waals surface area contributed by atoms with E-state index >= 15 is 0 Å². The number of nitrogens with zero attached hydrogens (tertiary/aromatic N) is 2. The number of imidazole rings is 1. The van der Waals surface area contributed by atoms with Crippen molar-refractivity contribution in [2.75, 3.05) is 19.8 Å². The first-order chi connectivity index (χ1) is 10.1. The second kappa shape index (κ2) is 7.07. The summed E-state index contributed by atoms with van der Waals surface area (Å²) in [5.41, 5.74) is -1.29. The quantitative estimate of drug-likeness (QED) is 0.624. The van der Waals surface area contributed by atoms with Crippen LogP contribution in [0.3, 0.4) is 0 Å². The molecule has 0 saturated carbocycles. The van der Waals surface area contributed by atoms with Crippen molar-refractivity contribution in [2.45, 2.75) is 31.3 Å². The highest BCUT2D eigenvalue weighted by Crippen LogP contribution is 2.18. The minimum atomic E-state index is -1.29. The van der Waals surface area contributed by atoms with Crippen LogP contribution >= 0.6 is 0 Å². The van der Waals surface area contributed by atoms with Gasteiger partial charge in [-0.05, 0) is 12.8 Å². The van der Waals surface area contributed by atoms with Gasteiger partial charge in [0.1, 0.15) is 0 Å². The summed E-state index contributed by atoms with van der Waals surface area (Å²) in [6.45, 7) is 1.70. The van der Waals surface area contributed by atoms with Crippen LogP contribution in [-0.4, -0.2) is 52.0 Å². The number of aliphatic carboxylic acids is 1. The average Bonchev–Trinajstić information content (AvgIpc) is 3.10. The normalized spacial score (nSPS) is 21.1. The van der Waals surface area contributed by atoms with Crippen molar-refractivity contribution in [2.24, 2.45) is 0 Å². The zero-order chi connectivity index (χ0) is 15.1. The van der Waals surface area contributed by atoms with Crippen molar-refractivity contribution < 1.29 is 19.4 Å². The van der Waals surface area contributed by atoms with Gasteiger partial charge in [0.2, 0.25) is 0 Å². The topological polar surface area (TPSA) is 105 Å². The van der Waals surface area contributed by atoms with E-state index in [9.17, 15) is 14.7 Å². The van der Waals surface area contributed by atoms with Crippen molar-refractivity contribution in [3.63, 3.8) is 0 Å². The molecule has 3 N–H and O–H groups in total. The third-order valence-corrected chi connectivity index (χ3v) is 3.47. The van der Waals surface area contributed by atoms with Gasteiger partial charge in [-0.25, -0.2) is 14.6 Å². The Morgan fingerprint density at radius 2 is 2.29 bits per heavy atom. The Morgan fingerprint density at radius 3 is 2.90 bits per heavy atom. The number of rotatable bonds is 7. The van der Waals surface area contributed by atoms with E-state index in [4.69, 9.17) is 4.74 Å². The fourth-order valence-electron chi connectivity index (χ4n) is 2.19. The van der Waals surface area contributed by atoms with Gasteiger partial charge in [-0.1, -0.05) is 0 Å². The predicted molar refractivity (Wildman–Crippen MR) is 73.8 cm³/mol. The van der Waals surface area contributed by atoms with E-state index in [1.54, 1.807) is 12.5 Å². The molecule has 116 valence electrons. The number of carbonyl (C=O) groups excluding carboxylic acids is 1. The van der Waals surface area contributed by atoms with Crippen molar-refractivity contribution in [3.05, 3.63) is 18.7 Å². The van der Waals surface area contributed by atoms with E-state index in [2.05, 4.69) is 15.6 Å². The lowest BCUT2D eigenvalue weighted by molar-refractivity contribution is -0.144. The maximum Gasteiger partial charge on any atom is 0.332 e. The van der Waals surface area contributed by atoms with E-state index in [0.717, 1.165) is 19.4 Å². The molecule has 1 unspecified atom stereocenters. The molecule has 0 aromatic carbocycles. The first-order valence-corrected chi connectivity index (χ1v) is 6.95. The number of carboxylic acid groups (broad SMARTS) is 1. The molecular weight excluding hydrogens is 276 g/mol. The fourth-order valence-corrected chi connectivity index (χ4v) is 2.19. The Labute approximate surface area is 122 Å². The average molecular weight is 296 g/mol. The molecule has 1 saturated heterocycles. The molecule has 1 fully saturated rings. The van der Waals surface area contributed by atoms with Crippen molar-refractivity contribution in [1.82, 2.24) is 20.2 Å². The Bertz CT molecular complexity index is 469. The first-order valence-electron chi connectivity index (χ1n) is 6.95. The molecule has 0 bridgehead atoms. The van der Waals surface area contributed by atoms with Gasteiger partial charge >= 0.3 is 12.0 Å². The van der Waals surface area contributed by atoms with E-state index in [1.807, 2.05) is 10.8 Å². The Kier molecular flexibility index (Phi) is 5.15. The lowest BCUT2D eigenvalue weighted by Crippen LogP contribution is -2.57. The van der Waals surface area contributed by atoms with Crippen molar-refractivity contribution in [3.8, 4) is 0 Å². The maximum atomic E-state index is 11.7. The highest BCUT2D eigenvalue weighted by Gasteiger charge is 2.43. The first kappa shape index (κ1) is 15.3. The van der Waals surface area contributed by atoms with Gasteiger partial charge in [-0.2, -0.15) is 0 Å². The number of urea groups is 1. The van der Waals surface area contributed by atoms with Crippen LogP contribution in [0, 0.1) is 0 Å². The van der Waals surface area contributed by atoms with Crippen molar-refractivity contribution >= 4 is 12.0 Å². The molecule has 1 atom stereocenters. The molecule has 1 aromatic heterocycles. The molecule has 1 aromatic rings. The van der Waals surface area contributed by atoms with Gasteiger partial charge in [0.25, 0.3) is 0 Å². The molecule has 0 spiro atoms. The molecule has 2 rings (SSSR count). The molecule has 8 heteroatoms. The van der Waals surface area contributed by atoms with Crippen LogP contribution in [0.4, 0.5) is 4.79 Å². The predicted octanol–water partition coefficient (Wildman–Crippen LogP) is 0.206. The Morgan fingerprint density at radius 1 is 1.43 bits per heavy atom. The molecule has 0 radical (unpaired) electrons. The fraction of sp³-hybridized carbons (Fsp3) is 0.615. The summed E-state index contributed by atoms with van der Waals surface area (Å²) < 4.78 is 7.04. The number of unbranched alkanes of at least 4 members (excludes halogenated alkanes) is 1. The molecule has 21 heavy (non-hydrogen) atoms. The van der Waals surface area contributed by atoms with Gasteiger partial charge in [-0.15, -0.1) is 0 Å². The lowest BCUT2D eigenvalue weighted by Gasteiger charge is -2.23. The monoisotopic (exact) mass is 296 g/mol. The van der Waals surface area contributed by atoms with Crippen LogP contribution in [0.15, 0.2) is 18.7 Å². The molecule has 8 nitrogen and oxygen atoms in total. The Hall–Kier alpha value is -2.09. The molecule has 1 aliphatic heterocycles. The summed E-state index contributed by atoms with van der Waals surface area (Å²) in [4.78, 5) is 26.9. The number of carbonyl (C=O) groups is 2. The van der Waals surface area contributed by atoms with E-state index in [1.165, 1.54) is 0 Å². The summed E-state index contributed by atoms with van der Waals surface area (Å²) in [5.74, 6) is -1.06. The van der Waals surface area contributed by atoms with Crippen LogP contribution in [0.1, 0.15) is 19.3 Å². The minimum Gasteiger partial charge on any atom is -0.479 e. The molecule has 0 aliphatic carbocycles. The summed E-state index contributed by atoms with van der Waals surface area (Å²) in [7, 11) is 0. The van der Waals surface area contributed by atoms with E-state index < -0.39 is 17.5 Å². The van der Waals surface area contributed by atoms with Gasteiger partial charge in [0, 0.05) is 38.5 Å². The van der Waals surface area contributed by atoms with Gasteiger partial charge in [-0.3, -0.25) is 0 Å². The molecule has 1 aliphatic rings. The Balaban J connectivity index is 1.64. The van der Waals surface area contributed by atoms with Gasteiger partial charge in [0.15, 0.2) is 5.54 Å². The van der Waals surface area contributed by atoms with Crippen LogP contribution in [0.25, 0.3) is 0 Å². The summed E-state index contributed by atoms with van der Waals surface area (Å²) in [5, 5.41) is 14.4. The third-order valence-electron chi connectivity index (χ3n) is 3.47. The van der Waals surface area contributed by atoms with Gasteiger partial charge < -0.3 is 25.0 Å². The number of hydrogen-bond acceptors (Lipinski definition) is 4. The standard InChI is InChI=1S/C13H20N4O4/c18-11(19)13(3-8-21-9-13)16-12(20)15-4-1-2-6-17-7-5-14-10-17/h5,7,10H,1-4,6,8-9H2,(H,18,19)(H2,15,16,20). The van der Waals surface area contributed by atoms with Crippen LogP contribution < -0.4 is 10.6 Å². The number of aromatic nitrogens is 2. The summed E-state index contributed by atoms with van der Waals surface area (Å²) in [6.07, 6.45) is 7.36. The highest BCUT2D eigenvalue weighted by atomic mass is 16.5. The number of nitrogens with one attached hydrogen (secondary N) is 2. The smallest absolute Gasteiger partial charge is 0.332 e. The van der Waals surface area contributed by atoms with Crippen molar-refractivity contribution in [1.29, 1.82) is 0 Å². The summed E-state index contributed by atoms with van der Waals surface area (Å²) in [6, 6.07) is -0.467. The highest BCUT2D eigenvalue weighted by molar-refractivity contribution is 5.86.